The van der Waals surface area contributed by atoms with Gasteiger partial charge in [0.25, 0.3) is 0 Å². The van der Waals surface area contributed by atoms with Crippen LogP contribution in [-0.2, 0) is 0 Å². The van der Waals surface area contributed by atoms with Gasteiger partial charge in [-0.3, -0.25) is 0 Å². The minimum atomic E-state index is 0.532. The zero-order valence-corrected chi connectivity index (χ0v) is 12.8. The molecule has 0 saturated heterocycles. The third-order valence-electron chi connectivity index (χ3n) is 3.86. The summed E-state index contributed by atoms with van der Waals surface area (Å²) in [6.07, 6.45) is 6.91. The summed E-state index contributed by atoms with van der Waals surface area (Å²) in [5, 5.41) is 3.62. The Balaban J connectivity index is 2.01. The lowest BCUT2D eigenvalue weighted by Crippen LogP contribution is -2.27. The lowest BCUT2D eigenvalue weighted by atomic mass is 9.84. The van der Waals surface area contributed by atoms with Crippen LogP contribution in [0.1, 0.15) is 39.0 Å². The largest absolute Gasteiger partial charge is 0.497 e. The van der Waals surface area contributed by atoms with Gasteiger partial charge >= 0.3 is 0 Å². The fourth-order valence-electron chi connectivity index (χ4n) is 2.78. The van der Waals surface area contributed by atoms with E-state index in [0.29, 0.717) is 6.04 Å². The molecule has 1 fully saturated rings. The molecule has 1 atom stereocenters. The molecule has 100 valence electrons. The van der Waals surface area contributed by atoms with Gasteiger partial charge in [0.1, 0.15) is 5.75 Å². The number of rotatable bonds is 4. The molecule has 0 amide bonds. The molecule has 1 N–H and O–H groups in total. The Bertz CT molecular complexity index is 388. The second-order valence-corrected chi connectivity index (χ2v) is 6.13. The van der Waals surface area contributed by atoms with Crippen molar-refractivity contribution in [3.63, 3.8) is 0 Å². The second kappa shape index (κ2) is 6.46. The summed E-state index contributed by atoms with van der Waals surface area (Å²) < 4.78 is 6.35. The predicted molar refractivity (Wildman–Crippen MR) is 80.4 cm³/mol. The van der Waals surface area contributed by atoms with Crippen LogP contribution in [0, 0.1) is 5.92 Å². The molecule has 1 aliphatic rings. The average Bonchev–Trinajstić information content (AvgIpc) is 2.39. The highest BCUT2D eigenvalue weighted by atomic mass is 79.9. The van der Waals surface area contributed by atoms with Crippen molar-refractivity contribution in [2.45, 2.75) is 45.1 Å². The molecule has 1 aliphatic carbocycles. The molecule has 1 unspecified atom stereocenters. The first-order chi connectivity index (χ1) is 8.69. The zero-order valence-electron chi connectivity index (χ0n) is 11.2. The average molecular weight is 312 g/mol. The van der Waals surface area contributed by atoms with Gasteiger partial charge in [0, 0.05) is 22.3 Å². The molecule has 2 rings (SSSR count). The van der Waals surface area contributed by atoms with Crippen LogP contribution in [0.2, 0.25) is 0 Å². The smallest absolute Gasteiger partial charge is 0.122 e. The first-order valence-corrected chi connectivity index (χ1v) is 7.59. The molecule has 1 aromatic rings. The van der Waals surface area contributed by atoms with Crippen LogP contribution in [0.3, 0.4) is 0 Å². The third-order valence-corrected chi connectivity index (χ3v) is 4.32. The highest BCUT2D eigenvalue weighted by Crippen LogP contribution is 2.30. The van der Waals surface area contributed by atoms with Crippen LogP contribution in [0.5, 0.6) is 5.75 Å². The maximum atomic E-state index is 5.29. The molecule has 2 nitrogen and oxygen atoms in total. The van der Waals surface area contributed by atoms with E-state index in [9.17, 15) is 0 Å². The highest BCUT2D eigenvalue weighted by molar-refractivity contribution is 9.10. The third kappa shape index (κ3) is 3.64. The summed E-state index contributed by atoms with van der Waals surface area (Å²) in [5.41, 5.74) is 1.14. The van der Waals surface area contributed by atoms with Crippen LogP contribution in [0.25, 0.3) is 0 Å². The summed E-state index contributed by atoms with van der Waals surface area (Å²) in [6.45, 7) is 2.30. The van der Waals surface area contributed by atoms with Crippen LogP contribution in [0.15, 0.2) is 22.7 Å². The minimum Gasteiger partial charge on any atom is -0.497 e. The molecule has 0 spiro atoms. The number of ether oxygens (including phenoxy) is 1. The molecule has 18 heavy (non-hydrogen) atoms. The Labute approximate surface area is 118 Å². The normalized spacial score (nSPS) is 18.4. The number of hydrogen-bond acceptors (Lipinski definition) is 2. The van der Waals surface area contributed by atoms with E-state index in [1.807, 2.05) is 6.07 Å². The molecule has 1 saturated carbocycles. The fourth-order valence-corrected chi connectivity index (χ4v) is 3.25. The Morgan fingerprint density at radius 2 is 1.94 bits per heavy atom. The molecular formula is C15H22BrNO. The van der Waals surface area contributed by atoms with Crippen LogP contribution >= 0.6 is 15.9 Å². The van der Waals surface area contributed by atoms with Crippen molar-refractivity contribution in [2.24, 2.45) is 5.92 Å². The van der Waals surface area contributed by atoms with E-state index in [1.165, 1.54) is 32.1 Å². The van der Waals surface area contributed by atoms with E-state index in [0.717, 1.165) is 21.8 Å². The van der Waals surface area contributed by atoms with E-state index in [4.69, 9.17) is 4.74 Å². The zero-order chi connectivity index (χ0) is 13.0. The fraction of sp³-hybridized carbons (Fsp3) is 0.600. The molecule has 0 radical (unpaired) electrons. The molecule has 1 aromatic carbocycles. The number of anilines is 1. The number of hydrogen-bond donors (Lipinski definition) is 1. The number of methoxy groups -OCH3 is 1. The molecule has 3 heteroatoms. The SMILES string of the molecule is COc1cc(Br)cc(NC(C)C2CCCCC2)c1. The first-order valence-electron chi connectivity index (χ1n) is 6.80. The van der Waals surface area contributed by atoms with E-state index in [-0.39, 0.29) is 0 Å². The van der Waals surface area contributed by atoms with Gasteiger partial charge in [-0.05, 0) is 37.8 Å². The van der Waals surface area contributed by atoms with E-state index in [2.05, 4.69) is 40.3 Å². The monoisotopic (exact) mass is 311 g/mol. The lowest BCUT2D eigenvalue weighted by molar-refractivity contribution is 0.328. The summed E-state index contributed by atoms with van der Waals surface area (Å²) in [7, 11) is 1.70. The number of nitrogens with one attached hydrogen (secondary N) is 1. The van der Waals surface area contributed by atoms with Crippen LogP contribution < -0.4 is 10.1 Å². The summed E-state index contributed by atoms with van der Waals surface area (Å²) in [5.74, 6) is 1.70. The van der Waals surface area contributed by atoms with Crippen molar-refractivity contribution in [3.05, 3.63) is 22.7 Å². The molecule has 0 aliphatic heterocycles. The van der Waals surface area contributed by atoms with Crippen molar-refractivity contribution in [1.82, 2.24) is 0 Å². The molecule has 0 heterocycles. The molecular weight excluding hydrogens is 290 g/mol. The standard InChI is InChI=1S/C15H22BrNO/c1-11(12-6-4-3-5-7-12)17-14-8-13(16)9-15(10-14)18-2/h8-12,17H,3-7H2,1-2H3. The Hall–Kier alpha value is -0.700. The maximum Gasteiger partial charge on any atom is 0.122 e. The van der Waals surface area contributed by atoms with Gasteiger partial charge < -0.3 is 10.1 Å². The summed E-state index contributed by atoms with van der Waals surface area (Å²) >= 11 is 3.52. The summed E-state index contributed by atoms with van der Waals surface area (Å²) in [6, 6.07) is 6.69. The maximum absolute atomic E-state index is 5.29. The lowest BCUT2D eigenvalue weighted by Gasteiger charge is -2.29. The van der Waals surface area contributed by atoms with Crippen molar-refractivity contribution in [1.29, 1.82) is 0 Å². The highest BCUT2D eigenvalue weighted by Gasteiger charge is 2.19. The minimum absolute atomic E-state index is 0.532. The summed E-state index contributed by atoms with van der Waals surface area (Å²) in [4.78, 5) is 0. The van der Waals surface area contributed by atoms with Gasteiger partial charge in [-0.15, -0.1) is 0 Å². The van der Waals surface area contributed by atoms with Gasteiger partial charge in [0.15, 0.2) is 0 Å². The van der Waals surface area contributed by atoms with Gasteiger partial charge in [0.05, 0.1) is 7.11 Å². The van der Waals surface area contributed by atoms with E-state index in [1.54, 1.807) is 7.11 Å². The Kier molecular flexibility index (Phi) is 4.93. The Morgan fingerprint density at radius 1 is 1.22 bits per heavy atom. The quantitative estimate of drug-likeness (QED) is 0.859. The van der Waals surface area contributed by atoms with E-state index < -0.39 is 0 Å². The molecule has 0 aromatic heterocycles. The van der Waals surface area contributed by atoms with Crippen LogP contribution in [0.4, 0.5) is 5.69 Å². The van der Waals surface area contributed by atoms with Crippen LogP contribution in [-0.4, -0.2) is 13.2 Å². The van der Waals surface area contributed by atoms with Gasteiger partial charge in [-0.1, -0.05) is 35.2 Å². The van der Waals surface area contributed by atoms with Crippen molar-refractivity contribution < 1.29 is 4.74 Å². The molecule has 0 bridgehead atoms. The Morgan fingerprint density at radius 3 is 2.61 bits per heavy atom. The van der Waals surface area contributed by atoms with Gasteiger partial charge in [0.2, 0.25) is 0 Å². The first kappa shape index (κ1) is 13.7. The predicted octanol–water partition coefficient (Wildman–Crippen LogP) is 4.84. The number of benzene rings is 1. The van der Waals surface area contributed by atoms with E-state index >= 15 is 0 Å². The van der Waals surface area contributed by atoms with Crippen molar-refractivity contribution in [2.75, 3.05) is 12.4 Å². The van der Waals surface area contributed by atoms with Crippen molar-refractivity contribution in [3.8, 4) is 5.75 Å². The number of halogens is 1. The van der Waals surface area contributed by atoms with Gasteiger partial charge in [-0.2, -0.15) is 0 Å². The van der Waals surface area contributed by atoms with Gasteiger partial charge in [-0.25, -0.2) is 0 Å². The topological polar surface area (TPSA) is 21.3 Å². The second-order valence-electron chi connectivity index (χ2n) is 5.21. The van der Waals surface area contributed by atoms with Crippen molar-refractivity contribution >= 4 is 21.6 Å².